The Kier molecular flexibility index (Phi) is 5.89. The Morgan fingerprint density at radius 2 is 1.94 bits per heavy atom. The predicted octanol–water partition coefficient (Wildman–Crippen LogP) is -0.244. The summed E-state index contributed by atoms with van der Waals surface area (Å²) in [6.07, 6.45) is 1.31. The lowest BCUT2D eigenvalue weighted by Gasteiger charge is -2.26. The number of carbonyl (C=O) groups is 2. The van der Waals surface area contributed by atoms with E-state index >= 15 is 0 Å². The number of imidazole rings is 1. The van der Waals surface area contributed by atoms with E-state index in [2.05, 4.69) is 10.4 Å². The number of thioether (sulfide) groups is 1. The van der Waals surface area contributed by atoms with Crippen molar-refractivity contribution in [3.63, 3.8) is 0 Å². The highest BCUT2D eigenvalue weighted by Gasteiger charge is 2.36. The maximum absolute atomic E-state index is 12.9. The Labute approximate surface area is 191 Å². The maximum Gasteiger partial charge on any atom is 0.332 e. The molecule has 174 valence electrons. The van der Waals surface area contributed by atoms with Gasteiger partial charge in [0.05, 0.1) is 26.3 Å². The van der Waals surface area contributed by atoms with Crippen molar-refractivity contribution in [2.45, 2.75) is 11.9 Å². The lowest BCUT2D eigenvalue weighted by Crippen LogP contribution is -2.46. The molecule has 33 heavy (non-hydrogen) atoms. The Hall–Kier alpha value is -3.74. The molecule has 2 amide bonds. The third-order valence-electron chi connectivity index (χ3n) is 5.34. The van der Waals surface area contributed by atoms with Crippen LogP contribution in [0.2, 0.25) is 0 Å². The number of para-hydroxylation sites is 1. The largest absolute Gasteiger partial charge is 0.493 e. The van der Waals surface area contributed by atoms with Crippen molar-refractivity contribution in [3.8, 4) is 11.5 Å². The minimum Gasteiger partial charge on any atom is -0.493 e. The summed E-state index contributed by atoms with van der Waals surface area (Å²) >= 11 is 1.34. The summed E-state index contributed by atoms with van der Waals surface area (Å²) < 4.78 is 14.3. The van der Waals surface area contributed by atoms with Crippen molar-refractivity contribution in [2.24, 2.45) is 14.1 Å². The molecule has 0 spiro atoms. The van der Waals surface area contributed by atoms with Crippen LogP contribution in [0.1, 0.15) is 10.9 Å². The molecule has 1 N–H and O–H groups in total. The van der Waals surface area contributed by atoms with Crippen LogP contribution in [0.15, 0.2) is 34.1 Å². The van der Waals surface area contributed by atoms with Crippen LogP contribution in [0, 0.1) is 0 Å². The van der Waals surface area contributed by atoms with E-state index in [1.54, 1.807) is 18.2 Å². The van der Waals surface area contributed by atoms with Gasteiger partial charge in [0.1, 0.15) is 11.9 Å². The van der Waals surface area contributed by atoms with E-state index in [1.807, 2.05) is 0 Å². The Bertz CT molecular complexity index is 1380. The van der Waals surface area contributed by atoms with Crippen LogP contribution in [-0.4, -0.2) is 55.5 Å². The molecular formula is C20H22N6O6S. The predicted molar refractivity (Wildman–Crippen MR) is 120 cm³/mol. The minimum absolute atomic E-state index is 0.114. The number of aromatic nitrogens is 4. The molecule has 13 heteroatoms. The van der Waals surface area contributed by atoms with E-state index in [4.69, 9.17) is 9.47 Å². The fraction of sp³-hybridized carbons (Fsp3) is 0.350. The van der Waals surface area contributed by atoms with Gasteiger partial charge in [0, 0.05) is 19.7 Å². The number of amides is 2. The first-order valence-corrected chi connectivity index (χ1v) is 10.9. The normalized spacial score (nSPS) is 15.8. The van der Waals surface area contributed by atoms with Crippen molar-refractivity contribution in [2.75, 3.05) is 20.0 Å². The highest BCUT2D eigenvalue weighted by atomic mass is 32.2. The Morgan fingerprint density at radius 3 is 2.64 bits per heavy atom. The second-order valence-corrected chi connectivity index (χ2v) is 8.36. The average Bonchev–Trinajstić information content (AvgIpc) is 3.39. The number of nitrogens with zero attached hydrogens (tertiary/aromatic N) is 5. The van der Waals surface area contributed by atoms with Crippen molar-refractivity contribution in [1.29, 1.82) is 0 Å². The van der Waals surface area contributed by atoms with Gasteiger partial charge in [0.25, 0.3) is 17.4 Å². The number of ether oxygens (including phenoxy) is 2. The van der Waals surface area contributed by atoms with E-state index in [0.29, 0.717) is 17.1 Å². The average molecular weight is 474 g/mol. The summed E-state index contributed by atoms with van der Waals surface area (Å²) in [6, 6.07) is 5.31. The number of benzene rings is 1. The van der Waals surface area contributed by atoms with Crippen molar-refractivity contribution < 1.29 is 19.1 Å². The van der Waals surface area contributed by atoms with Gasteiger partial charge in [-0.1, -0.05) is 12.1 Å². The van der Waals surface area contributed by atoms with Crippen molar-refractivity contribution >= 4 is 34.7 Å². The van der Waals surface area contributed by atoms with Gasteiger partial charge in [-0.3, -0.25) is 28.9 Å². The molecule has 3 aromatic rings. The number of fused-ring (bicyclic) bond motifs is 1. The molecule has 12 nitrogen and oxygen atoms in total. The topological polar surface area (TPSA) is 130 Å². The van der Waals surface area contributed by atoms with E-state index in [1.165, 1.54) is 60.5 Å². The molecule has 0 saturated carbocycles. The standard InChI is InChI=1S/C20H22N6O6S/c1-23-17-15(18(29)24(2)20(23)30)25(10-21-17)8-13(27)22-26-14(28)9-33-19(26)11-6-5-7-12(31-3)16(11)32-4/h5-7,10,19H,8-9H2,1-4H3,(H,22,27). The second-order valence-electron chi connectivity index (χ2n) is 7.30. The quantitative estimate of drug-likeness (QED) is 0.518. The number of hydrogen-bond donors (Lipinski definition) is 1. The van der Waals surface area contributed by atoms with Gasteiger partial charge in [-0.25, -0.2) is 14.8 Å². The van der Waals surface area contributed by atoms with E-state index in [-0.39, 0.29) is 29.4 Å². The lowest BCUT2D eigenvalue weighted by molar-refractivity contribution is -0.139. The summed E-state index contributed by atoms with van der Waals surface area (Å²) in [5.41, 5.74) is 2.50. The van der Waals surface area contributed by atoms with Crippen molar-refractivity contribution in [3.05, 3.63) is 50.9 Å². The minimum atomic E-state index is -0.565. The summed E-state index contributed by atoms with van der Waals surface area (Å²) in [6.45, 7) is -0.277. The number of nitrogens with one attached hydrogen (secondary N) is 1. The molecule has 0 aliphatic carbocycles. The maximum atomic E-state index is 12.9. The SMILES string of the molecule is COc1cccc(C2SCC(=O)N2NC(=O)Cn2cnc3c2c(=O)n(C)c(=O)n3C)c1OC. The molecular weight excluding hydrogens is 452 g/mol. The third-order valence-corrected chi connectivity index (χ3v) is 6.54. The molecule has 1 fully saturated rings. The van der Waals surface area contributed by atoms with Crippen LogP contribution in [0.5, 0.6) is 11.5 Å². The summed E-state index contributed by atoms with van der Waals surface area (Å²) in [7, 11) is 5.87. The van der Waals surface area contributed by atoms with E-state index < -0.39 is 22.5 Å². The summed E-state index contributed by atoms with van der Waals surface area (Å²) in [5, 5.41) is 0.719. The van der Waals surface area contributed by atoms with Crippen LogP contribution in [-0.2, 0) is 30.2 Å². The molecule has 0 bridgehead atoms. The van der Waals surface area contributed by atoms with Crippen LogP contribution in [0.4, 0.5) is 0 Å². The molecule has 4 rings (SSSR count). The second kappa shape index (κ2) is 8.65. The van der Waals surface area contributed by atoms with Gasteiger partial charge < -0.3 is 14.0 Å². The van der Waals surface area contributed by atoms with Gasteiger partial charge in [0.15, 0.2) is 22.7 Å². The number of rotatable bonds is 6. The lowest BCUT2D eigenvalue weighted by atomic mass is 10.1. The van der Waals surface area contributed by atoms with Gasteiger partial charge in [-0.15, -0.1) is 11.8 Å². The van der Waals surface area contributed by atoms with Crippen LogP contribution in [0.25, 0.3) is 11.2 Å². The van der Waals surface area contributed by atoms with Gasteiger partial charge in [-0.2, -0.15) is 0 Å². The van der Waals surface area contributed by atoms with Crippen LogP contribution < -0.4 is 26.1 Å². The third kappa shape index (κ3) is 3.73. The molecule has 1 atom stereocenters. The summed E-state index contributed by atoms with van der Waals surface area (Å²) in [5.74, 6) is 0.330. The highest BCUT2D eigenvalue weighted by Crippen LogP contribution is 2.44. The molecule has 1 aromatic carbocycles. The highest BCUT2D eigenvalue weighted by molar-refractivity contribution is 8.00. The Balaban J connectivity index is 1.62. The van der Waals surface area contributed by atoms with Crippen LogP contribution in [0.3, 0.4) is 0 Å². The fourth-order valence-electron chi connectivity index (χ4n) is 3.72. The summed E-state index contributed by atoms with van der Waals surface area (Å²) in [4.78, 5) is 54.2. The Morgan fingerprint density at radius 1 is 1.18 bits per heavy atom. The number of carbonyl (C=O) groups excluding carboxylic acids is 2. The molecule has 1 aliphatic rings. The fourth-order valence-corrected chi connectivity index (χ4v) is 4.85. The van der Waals surface area contributed by atoms with Gasteiger partial charge in [-0.05, 0) is 6.07 Å². The number of aryl methyl sites for hydroxylation is 1. The first kappa shape index (κ1) is 22.5. The molecule has 0 radical (unpaired) electrons. The molecule has 1 saturated heterocycles. The zero-order valence-corrected chi connectivity index (χ0v) is 19.2. The first-order valence-electron chi connectivity index (χ1n) is 9.83. The molecule has 2 aromatic heterocycles. The van der Waals surface area contributed by atoms with Crippen LogP contribution >= 0.6 is 11.8 Å². The van der Waals surface area contributed by atoms with Crippen molar-refractivity contribution in [1.82, 2.24) is 29.1 Å². The van der Waals surface area contributed by atoms with Gasteiger partial charge in [0.2, 0.25) is 0 Å². The smallest absolute Gasteiger partial charge is 0.332 e. The van der Waals surface area contributed by atoms with E-state index in [0.717, 1.165) is 4.57 Å². The number of hydrazine groups is 1. The van der Waals surface area contributed by atoms with Gasteiger partial charge >= 0.3 is 5.69 Å². The molecule has 1 aliphatic heterocycles. The first-order chi connectivity index (χ1) is 15.8. The molecule has 3 heterocycles. The zero-order valence-electron chi connectivity index (χ0n) is 18.4. The monoisotopic (exact) mass is 474 g/mol. The number of methoxy groups -OCH3 is 2. The zero-order chi connectivity index (χ0) is 23.9. The number of hydrogen-bond acceptors (Lipinski definition) is 8. The molecule has 1 unspecified atom stereocenters. The van der Waals surface area contributed by atoms with E-state index in [9.17, 15) is 19.2 Å².